The van der Waals surface area contributed by atoms with Crippen molar-refractivity contribution >= 4 is 11.6 Å². The summed E-state index contributed by atoms with van der Waals surface area (Å²) in [6.07, 6.45) is 1.88. The van der Waals surface area contributed by atoms with Crippen LogP contribution in [0.1, 0.15) is 11.3 Å². The molecule has 0 saturated heterocycles. The molecule has 2 rings (SSSR count). The SMILES string of the molecule is COCCNCc1cnn(-c2cccc(Cl)c2)c1C. The monoisotopic (exact) mass is 279 g/mol. The predicted octanol–water partition coefficient (Wildman–Crippen LogP) is 2.57. The number of hydrogen-bond donors (Lipinski definition) is 1. The van der Waals surface area contributed by atoms with E-state index < -0.39 is 0 Å². The average molecular weight is 280 g/mol. The van der Waals surface area contributed by atoms with Crippen molar-refractivity contribution in [2.45, 2.75) is 13.5 Å². The lowest BCUT2D eigenvalue weighted by atomic mass is 10.2. The van der Waals surface area contributed by atoms with Gasteiger partial charge in [0.15, 0.2) is 0 Å². The second-order valence-corrected chi connectivity index (χ2v) is 4.75. The Hall–Kier alpha value is -1.36. The molecule has 1 aromatic carbocycles. The molecular weight excluding hydrogens is 262 g/mol. The Kier molecular flexibility index (Phi) is 4.96. The number of nitrogens with one attached hydrogen (secondary N) is 1. The van der Waals surface area contributed by atoms with Crippen LogP contribution < -0.4 is 5.32 Å². The summed E-state index contributed by atoms with van der Waals surface area (Å²) in [5.41, 5.74) is 3.27. The Morgan fingerprint density at radius 1 is 1.42 bits per heavy atom. The Balaban J connectivity index is 2.10. The van der Waals surface area contributed by atoms with Crippen molar-refractivity contribution in [3.8, 4) is 5.69 Å². The van der Waals surface area contributed by atoms with E-state index in [2.05, 4.69) is 17.3 Å². The average Bonchev–Trinajstić information content (AvgIpc) is 2.76. The normalized spacial score (nSPS) is 10.9. The number of methoxy groups -OCH3 is 1. The summed E-state index contributed by atoms with van der Waals surface area (Å²) in [6, 6.07) is 7.68. The second-order valence-electron chi connectivity index (χ2n) is 4.32. The highest BCUT2D eigenvalue weighted by atomic mass is 35.5. The fourth-order valence-electron chi connectivity index (χ4n) is 1.88. The number of nitrogens with zero attached hydrogens (tertiary/aromatic N) is 2. The molecular formula is C14H18ClN3O. The molecule has 1 heterocycles. The first-order valence-electron chi connectivity index (χ1n) is 6.21. The zero-order chi connectivity index (χ0) is 13.7. The molecule has 0 amide bonds. The standard InChI is InChI=1S/C14H18ClN3O/c1-11-12(9-16-6-7-19-2)10-17-18(11)14-5-3-4-13(15)8-14/h3-5,8,10,16H,6-7,9H2,1-2H3. The molecule has 102 valence electrons. The molecule has 0 radical (unpaired) electrons. The first kappa shape index (κ1) is 14.1. The minimum atomic E-state index is 0.710. The van der Waals surface area contributed by atoms with Crippen LogP contribution in [0.2, 0.25) is 5.02 Å². The van der Waals surface area contributed by atoms with Crippen LogP contribution in [0.25, 0.3) is 5.69 Å². The van der Waals surface area contributed by atoms with Gasteiger partial charge in [-0.2, -0.15) is 5.10 Å². The van der Waals surface area contributed by atoms with Gasteiger partial charge in [0.2, 0.25) is 0 Å². The third-order valence-electron chi connectivity index (χ3n) is 2.96. The Labute approximate surface area is 118 Å². The van der Waals surface area contributed by atoms with Crippen molar-refractivity contribution in [3.63, 3.8) is 0 Å². The second kappa shape index (κ2) is 6.70. The summed E-state index contributed by atoms with van der Waals surface area (Å²) in [7, 11) is 1.70. The van der Waals surface area contributed by atoms with Gasteiger partial charge in [0.1, 0.15) is 0 Å². The van der Waals surface area contributed by atoms with Crippen LogP contribution in [-0.2, 0) is 11.3 Å². The number of benzene rings is 1. The van der Waals surface area contributed by atoms with Crippen molar-refractivity contribution in [1.82, 2.24) is 15.1 Å². The van der Waals surface area contributed by atoms with Crippen LogP contribution in [0.15, 0.2) is 30.5 Å². The lowest BCUT2D eigenvalue weighted by molar-refractivity contribution is 0.199. The van der Waals surface area contributed by atoms with Crippen LogP contribution in [-0.4, -0.2) is 30.0 Å². The number of ether oxygens (including phenoxy) is 1. The Morgan fingerprint density at radius 2 is 2.26 bits per heavy atom. The van der Waals surface area contributed by atoms with Crippen LogP contribution in [0.4, 0.5) is 0 Å². The number of rotatable bonds is 6. The predicted molar refractivity (Wildman–Crippen MR) is 76.9 cm³/mol. The van der Waals surface area contributed by atoms with Crippen LogP contribution in [0.5, 0.6) is 0 Å². The van der Waals surface area contributed by atoms with Crippen LogP contribution in [0.3, 0.4) is 0 Å². The Bertz CT molecular complexity index is 539. The fraction of sp³-hybridized carbons (Fsp3) is 0.357. The summed E-state index contributed by atoms with van der Waals surface area (Å²) in [5.74, 6) is 0. The van der Waals surface area contributed by atoms with E-state index in [1.807, 2.05) is 35.1 Å². The van der Waals surface area contributed by atoms with E-state index in [1.54, 1.807) is 7.11 Å². The van der Waals surface area contributed by atoms with Gasteiger partial charge in [-0.1, -0.05) is 17.7 Å². The third kappa shape index (κ3) is 3.56. The summed E-state index contributed by atoms with van der Waals surface area (Å²) in [4.78, 5) is 0. The van der Waals surface area contributed by atoms with Gasteiger partial charge in [0.05, 0.1) is 18.5 Å². The zero-order valence-electron chi connectivity index (χ0n) is 11.2. The summed E-state index contributed by atoms with van der Waals surface area (Å²) in [6.45, 7) is 4.39. The van der Waals surface area contributed by atoms with E-state index in [1.165, 1.54) is 5.56 Å². The fourth-order valence-corrected chi connectivity index (χ4v) is 2.07. The van der Waals surface area contributed by atoms with Gasteiger partial charge < -0.3 is 10.1 Å². The van der Waals surface area contributed by atoms with E-state index in [9.17, 15) is 0 Å². The highest BCUT2D eigenvalue weighted by Crippen LogP contribution is 2.17. The minimum Gasteiger partial charge on any atom is -0.383 e. The molecule has 2 aromatic rings. The van der Waals surface area contributed by atoms with E-state index in [4.69, 9.17) is 16.3 Å². The quantitative estimate of drug-likeness (QED) is 0.826. The summed E-state index contributed by atoms with van der Waals surface area (Å²) in [5, 5.41) is 8.44. The maximum absolute atomic E-state index is 6.00. The van der Waals surface area contributed by atoms with Crippen LogP contribution >= 0.6 is 11.6 Å². The lowest BCUT2D eigenvalue weighted by Gasteiger charge is -2.07. The Morgan fingerprint density at radius 3 is 3.00 bits per heavy atom. The molecule has 1 N–H and O–H groups in total. The van der Waals surface area contributed by atoms with Gasteiger partial charge in [-0.05, 0) is 25.1 Å². The molecule has 0 saturated carbocycles. The smallest absolute Gasteiger partial charge is 0.0663 e. The van der Waals surface area contributed by atoms with Crippen molar-refractivity contribution in [1.29, 1.82) is 0 Å². The minimum absolute atomic E-state index is 0.710. The van der Waals surface area contributed by atoms with E-state index in [0.717, 1.165) is 24.5 Å². The highest BCUT2D eigenvalue weighted by molar-refractivity contribution is 6.30. The van der Waals surface area contributed by atoms with Gasteiger partial charge in [-0.25, -0.2) is 4.68 Å². The van der Waals surface area contributed by atoms with Gasteiger partial charge in [0.25, 0.3) is 0 Å². The van der Waals surface area contributed by atoms with Crippen molar-refractivity contribution < 1.29 is 4.74 Å². The molecule has 0 bridgehead atoms. The number of hydrogen-bond acceptors (Lipinski definition) is 3. The zero-order valence-corrected chi connectivity index (χ0v) is 11.9. The highest BCUT2D eigenvalue weighted by Gasteiger charge is 2.07. The third-order valence-corrected chi connectivity index (χ3v) is 3.20. The molecule has 0 aliphatic rings. The van der Waals surface area contributed by atoms with E-state index >= 15 is 0 Å². The molecule has 0 fully saturated rings. The largest absolute Gasteiger partial charge is 0.383 e. The van der Waals surface area contributed by atoms with Gasteiger partial charge in [0, 0.05) is 36.5 Å². The van der Waals surface area contributed by atoms with Gasteiger partial charge in [-0.15, -0.1) is 0 Å². The number of halogens is 1. The maximum atomic E-state index is 6.00. The van der Waals surface area contributed by atoms with E-state index in [0.29, 0.717) is 11.6 Å². The maximum Gasteiger partial charge on any atom is 0.0663 e. The molecule has 19 heavy (non-hydrogen) atoms. The molecule has 0 unspecified atom stereocenters. The van der Waals surface area contributed by atoms with Crippen LogP contribution in [0, 0.1) is 6.92 Å². The van der Waals surface area contributed by atoms with Crippen molar-refractivity contribution in [2.24, 2.45) is 0 Å². The van der Waals surface area contributed by atoms with Gasteiger partial charge in [-0.3, -0.25) is 0 Å². The topological polar surface area (TPSA) is 39.1 Å². The van der Waals surface area contributed by atoms with Crippen molar-refractivity contribution in [2.75, 3.05) is 20.3 Å². The van der Waals surface area contributed by atoms with E-state index in [-0.39, 0.29) is 0 Å². The molecule has 5 heteroatoms. The lowest BCUT2D eigenvalue weighted by Crippen LogP contribution is -2.18. The molecule has 1 aromatic heterocycles. The first-order chi connectivity index (χ1) is 9.22. The molecule has 0 spiro atoms. The summed E-state index contributed by atoms with van der Waals surface area (Å²) >= 11 is 6.00. The van der Waals surface area contributed by atoms with Gasteiger partial charge >= 0.3 is 0 Å². The number of aromatic nitrogens is 2. The first-order valence-corrected chi connectivity index (χ1v) is 6.59. The molecule has 0 aliphatic heterocycles. The molecule has 0 atom stereocenters. The molecule has 4 nitrogen and oxygen atoms in total. The molecule has 0 aliphatic carbocycles. The summed E-state index contributed by atoms with van der Waals surface area (Å²) < 4.78 is 6.90. The van der Waals surface area contributed by atoms with Crippen molar-refractivity contribution in [3.05, 3.63) is 46.7 Å².